The van der Waals surface area contributed by atoms with Crippen LogP contribution in [-0.4, -0.2) is 25.1 Å². The Kier molecular flexibility index (Phi) is 4.66. The first-order valence-corrected chi connectivity index (χ1v) is 10.3. The van der Waals surface area contributed by atoms with Crippen molar-refractivity contribution in [3.63, 3.8) is 0 Å². The van der Waals surface area contributed by atoms with Crippen molar-refractivity contribution in [2.24, 2.45) is 11.8 Å². The summed E-state index contributed by atoms with van der Waals surface area (Å²) < 4.78 is 5.30. The Morgan fingerprint density at radius 2 is 1.61 bits per heavy atom. The van der Waals surface area contributed by atoms with Gasteiger partial charge in [0.25, 0.3) is 0 Å². The molecule has 1 fully saturated rings. The van der Waals surface area contributed by atoms with Gasteiger partial charge in [-0.05, 0) is 52.6 Å². The summed E-state index contributed by atoms with van der Waals surface area (Å²) in [7, 11) is 1.72. The van der Waals surface area contributed by atoms with Crippen molar-refractivity contribution in [1.82, 2.24) is 4.90 Å². The van der Waals surface area contributed by atoms with Gasteiger partial charge in [0.15, 0.2) is 0 Å². The molecule has 2 aliphatic rings. The van der Waals surface area contributed by atoms with E-state index in [4.69, 9.17) is 4.74 Å². The van der Waals surface area contributed by atoms with E-state index in [9.17, 15) is 0 Å². The maximum absolute atomic E-state index is 5.30. The van der Waals surface area contributed by atoms with Crippen molar-refractivity contribution < 1.29 is 4.74 Å². The van der Waals surface area contributed by atoms with Crippen LogP contribution in [0.5, 0.6) is 5.75 Å². The van der Waals surface area contributed by atoms with E-state index < -0.39 is 0 Å². The Labute approximate surface area is 167 Å². The van der Waals surface area contributed by atoms with Gasteiger partial charge in [0.05, 0.1) is 7.11 Å². The van der Waals surface area contributed by atoms with Crippen molar-refractivity contribution in [1.29, 1.82) is 0 Å². The van der Waals surface area contributed by atoms with Crippen LogP contribution < -0.4 is 4.74 Å². The smallest absolute Gasteiger partial charge is 0.118 e. The molecule has 2 nitrogen and oxygen atoms in total. The highest BCUT2D eigenvalue weighted by Gasteiger charge is 2.42. The zero-order valence-corrected chi connectivity index (χ0v) is 16.4. The molecule has 3 unspecified atom stereocenters. The van der Waals surface area contributed by atoms with E-state index in [1.165, 1.54) is 30.6 Å². The van der Waals surface area contributed by atoms with Crippen molar-refractivity contribution in [3.8, 4) is 5.75 Å². The Bertz CT molecular complexity index is 934. The summed E-state index contributed by atoms with van der Waals surface area (Å²) >= 11 is 0. The van der Waals surface area contributed by atoms with Gasteiger partial charge in [0, 0.05) is 25.6 Å². The van der Waals surface area contributed by atoms with Crippen molar-refractivity contribution in [2.75, 3.05) is 20.2 Å². The molecule has 1 heterocycles. The Hall–Kier alpha value is -2.58. The second-order valence-corrected chi connectivity index (χ2v) is 8.26. The predicted molar refractivity (Wildman–Crippen MR) is 114 cm³/mol. The average Bonchev–Trinajstić information content (AvgIpc) is 3.14. The molecule has 1 aliphatic carbocycles. The first-order valence-electron chi connectivity index (χ1n) is 10.3. The molecule has 0 saturated carbocycles. The van der Waals surface area contributed by atoms with Crippen LogP contribution in [0.1, 0.15) is 28.2 Å². The van der Waals surface area contributed by atoms with Gasteiger partial charge >= 0.3 is 0 Å². The minimum absolute atomic E-state index is 0.511. The normalized spacial score (nSPS) is 23.8. The molecule has 3 atom stereocenters. The third-order valence-electron chi connectivity index (χ3n) is 6.59. The number of ether oxygens (including phenoxy) is 1. The summed E-state index contributed by atoms with van der Waals surface area (Å²) in [5.74, 6) is 2.87. The van der Waals surface area contributed by atoms with Crippen LogP contribution in [0.3, 0.4) is 0 Å². The van der Waals surface area contributed by atoms with E-state index in [0.29, 0.717) is 11.8 Å². The molecule has 0 amide bonds. The minimum atomic E-state index is 0.511. The highest BCUT2D eigenvalue weighted by atomic mass is 16.5. The van der Waals surface area contributed by atoms with Crippen molar-refractivity contribution in [3.05, 3.63) is 101 Å². The van der Waals surface area contributed by atoms with Gasteiger partial charge in [-0.25, -0.2) is 0 Å². The summed E-state index contributed by atoms with van der Waals surface area (Å²) in [4.78, 5) is 2.65. The first kappa shape index (κ1) is 17.5. The van der Waals surface area contributed by atoms with Gasteiger partial charge in [0.2, 0.25) is 0 Å². The highest BCUT2D eigenvalue weighted by Crippen LogP contribution is 2.47. The molecule has 28 heavy (non-hydrogen) atoms. The predicted octanol–water partition coefficient (Wildman–Crippen LogP) is 5.13. The lowest BCUT2D eigenvalue weighted by molar-refractivity contribution is 0.310. The number of benzene rings is 3. The van der Waals surface area contributed by atoms with Crippen LogP contribution in [0.15, 0.2) is 78.9 Å². The number of hydrogen-bond acceptors (Lipinski definition) is 2. The fourth-order valence-corrected chi connectivity index (χ4v) is 5.32. The van der Waals surface area contributed by atoms with Gasteiger partial charge in [-0.2, -0.15) is 0 Å². The lowest BCUT2D eigenvalue weighted by Crippen LogP contribution is -2.29. The molecule has 0 aromatic heterocycles. The van der Waals surface area contributed by atoms with Gasteiger partial charge in [-0.15, -0.1) is 0 Å². The number of methoxy groups -OCH3 is 1. The van der Waals surface area contributed by atoms with Crippen LogP contribution in [0.25, 0.3) is 0 Å². The topological polar surface area (TPSA) is 12.5 Å². The molecule has 0 N–H and O–H groups in total. The average molecular weight is 370 g/mol. The van der Waals surface area contributed by atoms with E-state index in [2.05, 4.69) is 83.8 Å². The summed E-state index contributed by atoms with van der Waals surface area (Å²) in [6.07, 6.45) is 1.21. The van der Waals surface area contributed by atoms with Crippen molar-refractivity contribution >= 4 is 0 Å². The van der Waals surface area contributed by atoms with E-state index in [1.54, 1.807) is 18.2 Å². The Balaban J connectivity index is 1.42. The third kappa shape index (κ3) is 3.22. The van der Waals surface area contributed by atoms with Gasteiger partial charge < -0.3 is 4.74 Å². The van der Waals surface area contributed by atoms with Gasteiger partial charge in [0.1, 0.15) is 5.75 Å². The number of rotatable bonds is 4. The second-order valence-electron chi connectivity index (χ2n) is 8.26. The van der Waals surface area contributed by atoms with E-state index >= 15 is 0 Å². The van der Waals surface area contributed by atoms with E-state index in [1.807, 2.05) is 0 Å². The molecule has 0 radical (unpaired) electrons. The molecule has 1 aliphatic heterocycles. The summed E-state index contributed by atoms with van der Waals surface area (Å²) in [6.45, 7) is 3.38. The zero-order valence-electron chi connectivity index (χ0n) is 16.4. The van der Waals surface area contributed by atoms with E-state index in [-0.39, 0.29) is 0 Å². The lowest BCUT2D eigenvalue weighted by Gasteiger charge is -2.35. The number of likely N-dealkylation sites (tertiary alicyclic amines) is 1. The lowest BCUT2D eigenvalue weighted by atomic mass is 9.68. The molecule has 3 aromatic carbocycles. The molecule has 142 valence electrons. The molecular weight excluding hydrogens is 342 g/mol. The van der Waals surface area contributed by atoms with E-state index in [0.717, 1.165) is 18.2 Å². The van der Waals surface area contributed by atoms with Crippen molar-refractivity contribution in [2.45, 2.75) is 18.9 Å². The van der Waals surface area contributed by atoms with Crippen LogP contribution in [0.4, 0.5) is 0 Å². The second kappa shape index (κ2) is 7.44. The third-order valence-corrected chi connectivity index (χ3v) is 6.59. The maximum Gasteiger partial charge on any atom is 0.118 e. The van der Waals surface area contributed by atoms with Gasteiger partial charge in [-0.1, -0.05) is 66.7 Å². The molecule has 3 aromatic rings. The number of hydrogen-bond donors (Lipinski definition) is 0. The number of nitrogens with zero attached hydrogens (tertiary/aromatic N) is 1. The fraction of sp³-hybridized carbons (Fsp3) is 0.308. The monoisotopic (exact) mass is 369 g/mol. The largest absolute Gasteiger partial charge is 0.497 e. The standard InChI is InChI=1S/C26H27NO/c1-28-23-13-11-19(12-14-23)16-27-17-22-15-21-9-5-6-10-24(21)26(25(22)18-27)20-7-3-2-4-8-20/h2-14,22,25-26H,15-18H2,1H3. The SMILES string of the molecule is COc1ccc(CN2CC3Cc4ccccc4C(c4ccccc4)C3C2)cc1. The van der Waals surface area contributed by atoms with Crippen LogP contribution in [-0.2, 0) is 13.0 Å². The quantitative estimate of drug-likeness (QED) is 0.632. The molecule has 0 spiro atoms. The zero-order chi connectivity index (χ0) is 18.9. The molecule has 2 heteroatoms. The first-order chi connectivity index (χ1) is 13.8. The highest BCUT2D eigenvalue weighted by molar-refractivity contribution is 5.42. The minimum Gasteiger partial charge on any atom is -0.497 e. The van der Waals surface area contributed by atoms with Crippen LogP contribution in [0, 0.1) is 11.8 Å². The number of fused-ring (bicyclic) bond motifs is 2. The fourth-order valence-electron chi connectivity index (χ4n) is 5.32. The summed E-state index contributed by atoms with van der Waals surface area (Å²) in [5.41, 5.74) is 5.93. The molecular formula is C26H27NO. The molecule has 5 rings (SSSR count). The molecule has 1 saturated heterocycles. The van der Waals surface area contributed by atoms with Crippen LogP contribution in [0.2, 0.25) is 0 Å². The molecule has 0 bridgehead atoms. The maximum atomic E-state index is 5.30. The Morgan fingerprint density at radius 3 is 2.39 bits per heavy atom. The summed E-state index contributed by atoms with van der Waals surface area (Å²) in [5, 5.41) is 0. The van der Waals surface area contributed by atoms with Crippen LogP contribution >= 0.6 is 0 Å². The Morgan fingerprint density at radius 1 is 0.857 bits per heavy atom. The van der Waals surface area contributed by atoms with Gasteiger partial charge in [-0.3, -0.25) is 4.90 Å². The summed E-state index contributed by atoms with van der Waals surface area (Å²) in [6, 6.07) is 28.8.